The highest BCUT2D eigenvalue weighted by atomic mass is 35.5. The van der Waals surface area contributed by atoms with E-state index in [0.29, 0.717) is 17.1 Å². The van der Waals surface area contributed by atoms with Crippen molar-refractivity contribution in [1.29, 1.82) is 0 Å². The van der Waals surface area contributed by atoms with Crippen LogP contribution in [0.15, 0.2) is 47.5 Å². The zero-order valence-corrected chi connectivity index (χ0v) is 14.5. The number of fused-ring (bicyclic) bond motifs is 2. The number of aliphatic imine (C=N–C) groups is 1. The molecular formula is C19H20ClN3O. The Kier molecular flexibility index (Phi) is 3.94. The second-order valence-corrected chi connectivity index (χ2v) is 6.89. The van der Waals surface area contributed by atoms with E-state index in [1.165, 1.54) is 0 Å². The smallest absolute Gasteiger partial charge is 0.153 e. The van der Waals surface area contributed by atoms with Gasteiger partial charge in [0.15, 0.2) is 5.75 Å². The molecule has 0 saturated carbocycles. The molecular weight excluding hydrogens is 322 g/mol. The highest BCUT2D eigenvalue weighted by Crippen LogP contribution is 2.39. The average Bonchev–Trinajstić information content (AvgIpc) is 2.73. The third-order valence-corrected chi connectivity index (χ3v) is 4.77. The zero-order chi connectivity index (χ0) is 16.7. The minimum Gasteiger partial charge on any atom is -0.454 e. The molecule has 24 heavy (non-hydrogen) atoms. The summed E-state index contributed by atoms with van der Waals surface area (Å²) in [6.45, 7) is 6.26. The molecule has 2 aliphatic rings. The average molecular weight is 342 g/mol. The van der Waals surface area contributed by atoms with Gasteiger partial charge >= 0.3 is 0 Å². The van der Waals surface area contributed by atoms with Gasteiger partial charge in [-0.2, -0.15) is 0 Å². The van der Waals surface area contributed by atoms with Crippen LogP contribution in [0, 0.1) is 0 Å². The predicted molar refractivity (Wildman–Crippen MR) is 97.8 cm³/mol. The molecule has 2 aromatic carbocycles. The van der Waals surface area contributed by atoms with Crippen LogP contribution in [0.2, 0.25) is 5.02 Å². The fraction of sp³-hybridized carbons (Fsp3) is 0.316. The molecule has 2 aliphatic heterocycles. The van der Waals surface area contributed by atoms with Crippen molar-refractivity contribution in [3.8, 4) is 11.5 Å². The molecule has 4 nitrogen and oxygen atoms in total. The van der Waals surface area contributed by atoms with Crippen molar-refractivity contribution < 1.29 is 4.74 Å². The molecule has 1 saturated heterocycles. The van der Waals surface area contributed by atoms with Gasteiger partial charge in [0.1, 0.15) is 17.3 Å². The molecule has 0 bridgehead atoms. The summed E-state index contributed by atoms with van der Waals surface area (Å²) in [6.07, 6.45) is 0. The fourth-order valence-electron chi connectivity index (χ4n) is 3.23. The van der Waals surface area contributed by atoms with Crippen LogP contribution in [0.3, 0.4) is 0 Å². The first-order chi connectivity index (χ1) is 11.6. The van der Waals surface area contributed by atoms with Gasteiger partial charge in [0.25, 0.3) is 0 Å². The van der Waals surface area contributed by atoms with Crippen LogP contribution in [0.4, 0.5) is 5.69 Å². The first-order valence-corrected chi connectivity index (χ1v) is 8.65. The summed E-state index contributed by atoms with van der Waals surface area (Å²) in [7, 11) is 0. The summed E-state index contributed by atoms with van der Waals surface area (Å²) in [6, 6.07) is 14.4. The number of hydrogen-bond donors (Lipinski definition) is 1. The molecule has 2 atom stereocenters. The number of rotatable bonds is 0. The van der Waals surface area contributed by atoms with E-state index < -0.39 is 0 Å². The number of amidine groups is 1. The van der Waals surface area contributed by atoms with Gasteiger partial charge in [0, 0.05) is 30.2 Å². The first-order valence-electron chi connectivity index (χ1n) is 8.27. The van der Waals surface area contributed by atoms with Gasteiger partial charge in [-0.3, -0.25) is 0 Å². The van der Waals surface area contributed by atoms with Crippen LogP contribution in [-0.2, 0) is 0 Å². The zero-order valence-electron chi connectivity index (χ0n) is 13.8. The van der Waals surface area contributed by atoms with E-state index >= 15 is 0 Å². The highest BCUT2D eigenvalue weighted by molar-refractivity contribution is 6.31. The molecule has 2 aromatic rings. The van der Waals surface area contributed by atoms with Crippen LogP contribution in [0.5, 0.6) is 11.5 Å². The summed E-state index contributed by atoms with van der Waals surface area (Å²) in [5.41, 5.74) is 1.79. The summed E-state index contributed by atoms with van der Waals surface area (Å²) >= 11 is 6.18. The van der Waals surface area contributed by atoms with E-state index in [4.69, 9.17) is 21.3 Å². The SMILES string of the molecule is CC1CN(C2=Nc3cc(Cl)ccc3Oc3ccccc32)C(C)CN1. The standard InChI is InChI=1S/C19H20ClN3O/c1-12-11-23(13(2)10-21-12)19-15-5-3-4-6-17(15)24-18-8-7-14(20)9-16(18)22-19/h3-9,12-13,21H,10-11H2,1-2H3. The molecule has 0 spiro atoms. The minimum atomic E-state index is 0.355. The van der Waals surface area contributed by atoms with Crippen LogP contribution in [0.25, 0.3) is 0 Å². The van der Waals surface area contributed by atoms with Crippen molar-refractivity contribution in [2.75, 3.05) is 13.1 Å². The van der Waals surface area contributed by atoms with Crippen molar-refractivity contribution >= 4 is 23.1 Å². The largest absolute Gasteiger partial charge is 0.454 e. The number of hydrogen-bond acceptors (Lipinski definition) is 4. The van der Waals surface area contributed by atoms with Gasteiger partial charge in [-0.25, -0.2) is 4.99 Å². The molecule has 1 fully saturated rings. The summed E-state index contributed by atoms with van der Waals surface area (Å²) in [5, 5.41) is 4.18. The van der Waals surface area contributed by atoms with Crippen molar-refractivity contribution in [3.63, 3.8) is 0 Å². The second-order valence-electron chi connectivity index (χ2n) is 6.46. The molecule has 124 valence electrons. The lowest BCUT2D eigenvalue weighted by atomic mass is 10.1. The Morgan fingerprint density at radius 3 is 2.88 bits per heavy atom. The Morgan fingerprint density at radius 1 is 1.17 bits per heavy atom. The molecule has 1 N–H and O–H groups in total. The number of nitrogens with one attached hydrogen (secondary N) is 1. The van der Waals surface area contributed by atoms with Crippen LogP contribution in [0.1, 0.15) is 19.4 Å². The second kappa shape index (κ2) is 6.11. The maximum atomic E-state index is 6.18. The summed E-state index contributed by atoms with van der Waals surface area (Å²) in [4.78, 5) is 7.32. The number of nitrogens with zero attached hydrogens (tertiary/aromatic N) is 2. The lowest BCUT2D eigenvalue weighted by Crippen LogP contribution is -2.56. The quantitative estimate of drug-likeness (QED) is 0.780. The number of ether oxygens (including phenoxy) is 1. The summed E-state index contributed by atoms with van der Waals surface area (Å²) in [5.74, 6) is 2.51. The van der Waals surface area contributed by atoms with E-state index in [-0.39, 0.29) is 0 Å². The Morgan fingerprint density at radius 2 is 2.00 bits per heavy atom. The van der Waals surface area contributed by atoms with E-state index in [2.05, 4.69) is 30.1 Å². The molecule has 5 heteroatoms. The van der Waals surface area contributed by atoms with Gasteiger partial charge in [0.2, 0.25) is 0 Å². The van der Waals surface area contributed by atoms with Gasteiger partial charge in [-0.1, -0.05) is 23.7 Å². The molecule has 2 heterocycles. The van der Waals surface area contributed by atoms with Crippen molar-refractivity contribution in [2.45, 2.75) is 25.9 Å². The maximum Gasteiger partial charge on any atom is 0.153 e. The van der Waals surface area contributed by atoms with E-state index in [9.17, 15) is 0 Å². The third-order valence-electron chi connectivity index (χ3n) is 4.53. The lowest BCUT2D eigenvalue weighted by molar-refractivity contribution is 0.235. The third kappa shape index (κ3) is 2.76. The monoisotopic (exact) mass is 341 g/mol. The topological polar surface area (TPSA) is 36.9 Å². The van der Waals surface area contributed by atoms with E-state index in [1.807, 2.05) is 36.4 Å². The molecule has 2 unspecified atom stereocenters. The van der Waals surface area contributed by atoms with Crippen molar-refractivity contribution in [3.05, 3.63) is 53.1 Å². The number of para-hydroxylation sites is 1. The van der Waals surface area contributed by atoms with Gasteiger partial charge in [-0.15, -0.1) is 0 Å². The normalized spacial score (nSPS) is 22.8. The highest BCUT2D eigenvalue weighted by Gasteiger charge is 2.29. The molecule has 0 amide bonds. The molecule has 0 radical (unpaired) electrons. The Balaban J connectivity index is 1.88. The predicted octanol–water partition coefficient (Wildman–Crippen LogP) is 4.21. The number of halogens is 1. The Hall–Kier alpha value is -2.04. The minimum absolute atomic E-state index is 0.355. The molecule has 0 aliphatic carbocycles. The summed E-state index contributed by atoms with van der Waals surface area (Å²) < 4.78 is 6.13. The number of piperazine rings is 1. The van der Waals surface area contributed by atoms with Gasteiger partial charge in [0.05, 0.1) is 5.56 Å². The Bertz CT molecular complexity index is 805. The first kappa shape index (κ1) is 15.5. The van der Waals surface area contributed by atoms with Gasteiger partial charge in [-0.05, 0) is 44.2 Å². The van der Waals surface area contributed by atoms with E-state index in [0.717, 1.165) is 41.7 Å². The lowest BCUT2D eigenvalue weighted by Gasteiger charge is -2.39. The van der Waals surface area contributed by atoms with Crippen molar-refractivity contribution in [2.24, 2.45) is 4.99 Å². The molecule has 4 rings (SSSR count). The fourth-order valence-corrected chi connectivity index (χ4v) is 3.40. The maximum absolute atomic E-state index is 6.18. The van der Waals surface area contributed by atoms with Crippen LogP contribution >= 0.6 is 11.6 Å². The van der Waals surface area contributed by atoms with Crippen LogP contribution in [-0.4, -0.2) is 35.9 Å². The Labute approximate surface area is 147 Å². The molecule has 0 aromatic heterocycles. The number of benzene rings is 2. The van der Waals surface area contributed by atoms with E-state index in [1.54, 1.807) is 0 Å². The van der Waals surface area contributed by atoms with Crippen LogP contribution < -0.4 is 10.1 Å². The van der Waals surface area contributed by atoms with Gasteiger partial charge < -0.3 is 15.0 Å². The van der Waals surface area contributed by atoms with Crippen molar-refractivity contribution in [1.82, 2.24) is 10.2 Å².